The second-order valence-corrected chi connectivity index (χ2v) is 17.6. The van der Waals surface area contributed by atoms with Crippen molar-refractivity contribution in [3.05, 3.63) is 261 Å². The quantitative estimate of drug-likeness (QED) is 0.141. The maximum atomic E-state index is 2.44. The molecule has 0 atom stereocenters. The van der Waals surface area contributed by atoms with Gasteiger partial charge in [-0.2, -0.15) is 0 Å². The standard InChI is InChI=1S/C66H43N/c1-3-14-44(15-4-1)46-26-30-48(31-27-46)52-36-40-63-61(42-52)62-43-53(49-32-28-47(29-33-49)45-16-5-2-6-17-45)37-41-64(62)67(63)54-38-34-51(35-39-54)65-57-21-9-11-23-59(57)66(60-24-12-10-22-58(60)65)56-25-13-19-50-18-7-8-20-55(50)56/h1-43H. The zero-order chi connectivity index (χ0) is 44.3. The van der Waals surface area contributed by atoms with Gasteiger partial charge >= 0.3 is 0 Å². The maximum absolute atomic E-state index is 2.44. The first-order valence-corrected chi connectivity index (χ1v) is 23.2. The number of hydrogen-bond acceptors (Lipinski definition) is 0. The Kier molecular flexibility index (Phi) is 9.25. The third-order valence-electron chi connectivity index (χ3n) is 13.8. The zero-order valence-corrected chi connectivity index (χ0v) is 36.8. The predicted octanol–water partition coefficient (Wildman–Crippen LogP) is 18.2. The molecule has 312 valence electrons. The normalized spacial score (nSPS) is 11.6. The molecule has 12 aromatic carbocycles. The summed E-state index contributed by atoms with van der Waals surface area (Å²) in [4.78, 5) is 0. The van der Waals surface area contributed by atoms with E-state index in [2.05, 4.69) is 265 Å². The molecule has 0 aliphatic heterocycles. The summed E-state index contributed by atoms with van der Waals surface area (Å²) in [5, 5.41) is 10.00. The summed E-state index contributed by atoms with van der Waals surface area (Å²) in [6.45, 7) is 0. The highest BCUT2D eigenvalue weighted by Crippen LogP contribution is 2.46. The number of rotatable bonds is 7. The van der Waals surface area contributed by atoms with Gasteiger partial charge in [0.05, 0.1) is 11.0 Å². The van der Waals surface area contributed by atoms with Gasteiger partial charge in [0.25, 0.3) is 0 Å². The minimum Gasteiger partial charge on any atom is -0.309 e. The third kappa shape index (κ3) is 6.63. The number of nitrogens with zero attached hydrogens (tertiary/aromatic N) is 1. The van der Waals surface area contributed by atoms with E-state index in [1.807, 2.05) is 0 Å². The van der Waals surface area contributed by atoms with Gasteiger partial charge in [0, 0.05) is 16.5 Å². The second-order valence-electron chi connectivity index (χ2n) is 17.6. The molecule has 0 aliphatic carbocycles. The average Bonchev–Trinajstić information content (AvgIpc) is 3.73. The molecular weight excluding hydrogens is 807 g/mol. The van der Waals surface area contributed by atoms with E-state index >= 15 is 0 Å². The van der Waals surface area contributed by atoms with E-state index in [1.165, 1.54) is 121 Å². The number of hydrogen-bond donors (Lipinski definition) is 0. The van der Waals surface area contributed by atoms with Crippen LogP contribution in [0.2, 0.25) is 0 Å². The molecule has 1 heterocycles. The van der Waals surface area contributed by atoms with Crippen molar-refractivity contribution >= 4 is 54.1 Å². The highest BCUT2D eigenvalue weighted by molar-refractivity contribution is 6.23. The lowest BCUT2D eigenvalue weighted by molar-refractivity contribution is 1.18. The van der Waals surface area contributed by atoms with E-state index in [0.717, 1.165) is 5.69 Å². The molecule has 13 aromatic rings. The van der Waals surface area contributed by atoms with Crippen molar-refractivity contribution in [2.75, 3.05) is 0 Å². The SMILES string of the molecule is c1ccc(-c2ccc(-c3ccc4c(c3)c3cc(-c5ccc(-c6ccccc6)cc5)ccc3n4-c3ccc(-c4c5ccccc5c(-c5cccc6ccccc56)c5ccccc45)cc3)cc2)cc1. The van der Waals surface area contributed by atoms with Crippen LogP contribution in [0.25, 0.3) is 127 Å². The molecule has 0 saturated heterocycles. The number of benzene rings is 12. The van der Waals surface area contributed by atoms with Crippen LogP contribution >= 0.6 is 0 Å². The lowest BCUT2D eigenvalue weighted by Gasteiger charge is -2.19. The molecule has 0 aliphatic rings. The Balaban J connectivity index is 0.955. The highest BCUT2D eigenvalue weighted by atomic mass is 15.0. The van der Waals surface area contributed by atoms with E-state index in [-0.39, 0.29) is 0 Å². The minimum absolute atomic E-state index is 1.13. The molecule has 0 N–H and O–H groups in total. The van der Waals surface area contributed by atoms with Crippen LogP contribution in [0.3, 0.4) is 0 Å². The molecular formula is C66H43N. The lowest BCUT2D eigenvalue weighted by Crippen LogP contribution is -1.95. The molecule has 0 unspecified atom stereocenters. The van der Waals surface area contributed by atoms with E-state index in [4.69, 9.17) is 0 Å². The molecule has 0 bridgehead atoms. The third-order valence-corrected chi connectivity index (χ3v) is 13.8. The molecule has 67 heavy (non-hydrogen) atoms. The van der Waals surface area contributed by atoms with Gasteiger partial charge in [0.1, 0.15) is 0 Å². The van der Waals surface area contributed by atoms with Crippen molar-refractivity contribution in [1.82, 2.24) is 4.57 Å². The Hall–Kier alpha value is -8.78. The Labute approximate surface area is 390 Å². The molecule has 1 nitrogen and oxygen atoms in total. The fourth-order valence-corrected chi connectivity index (χ4v) is 10.6. The van der Waals surface area contributed by atoms with Gasteiger partial charge in [-0.3, -0.25) is 0 Å². The summed E-state index contributed by atoms with van der Waals surface area (Å²) in [7, 11) is 0. The van der Waals surface area contributed by atoms with Crippen molar-refractivity contribution < 1.29 is 0 Å². The van der Waals surface area contributed by atoms with Crippen LogP contribution in [0.5, 0.6) is 0 Å². The first kappa shape index (κ1) is 38.7. The van der Waals surface area contributed by atoms with Crippen LogP contribution < -0.4 is 0 Å². The summed E-state index contributed by atoms with van der Waals surface area (Å²) in [6.07, 6.45) is 0. The van der Waals surface area contributed by atoms with Crippen molar-refractivity contribution in [2.24, 2.45) is 0 Å². The molecule has 0 spiro atoms. The Bertz CT molecular complexity index is 3770. The molecule has 1 aromatic heterocycles. The van der Waals surface area contributed by atoms with Crippen LogP contribution in [-0.2, 0) is 0 Å². The Morgan fingerprint density at radius 2 is 0.567 bits per heavy atom. The summed E-state index contributed by atoms with van der Waals surface area (Å²) >= 11 is 0. The van der Waals surface area contributed by atoms with Crippen molar-refractivity contribution in [1.29, 1.82) is 0 Å². The van der Waals surface area contributed by atoms with Gasteiger partial charge in [-0.25, -0.2) is 0 Å². The van der Waals surface area contributed by atoms with Crippen molar-refractivity contribution in [3.63, 3.8) is 0 Å². The summed E-state index contributed by atoms with van der Waals surface area (Å²) < 4.78 is 2.44. The predicted molar refractivity (Wildman–Crippen MR) is 286 cm³/mol. The lowest BCUT2D eigenvalue weighted by atomic mass is 9.85. The fraction of sp³-hybridized carbons (Fsp3) is 0. The summed E-state index contributed by atoms with van der Waals surface area (Å²) in [6, 6.07) is 95.7. The van der Waals surface area contributed by atoms with Gasteiger partial charge < -0.3 is 4.57 Å². The molecule has 0 radical (unpaired) electrons. The Morgan fingerprint density at radius 1 is 0.209 bits per heavy atom. The minimum atomic E-state index is 1.13. The Morgan fingerprint density at radius 3 is 1.06 bits per heavy atom. The van der Waals surface area contributed by atoms with Crippen LogP contribution in [0.4, 0.5) is 0 Å². The van der Waals surface area contributed by atoms with Gasteiger partial charge in [0.2, 0.25) is 0 Å². The number of fused-ring (bicyclic) bond motifs is 6. The molecule has 0 amide bonds. The van der Waals surface area contributed by atoms with Crippen LogP contribution in [0, 0.1) is 0 Å². The molecule has 1 heteroatoms. The van der Waals surface area contributed by atoms with Crippen LogP contribution in [0.15, 0.2) is 261 Å². The van der Waals surface area contributed by atoms with Crippen molar-refractivity contribution in [2.45, 2.75) is 0 Å². The maximum Gasteiger partial charge on any atom is 0.0541 e. The highest BCUT2D eigenvalue weighted by Gasteiger charge is 2.19. The van der Waals surface area contributed by atoms with E-state index in [0.29, 0.717) is 0 Å². The molecule has 0 fully saturated rings. The monoisotopic (exact) mass is 849 g/mol. The van der Waals surface area contributed by atoms with Gasteiger partial charge in [0.15, 0.2) is 0 Å². The van der Waals surface area contributed by atoms with Gasteiger partial charge in [-0.15, -0.1) is 0 Å². The molecule has 13 rings (SSSR count). The van der Waals surface area contributed by atoms with Crippen molar-refractivity contribution in [3.8, 4) is 72.4 Å². The largest absolute Gasteiger partial charge is 0.309 e. The van der Waals surface area contributed by atoms with E-state index in [1.54, 1.807) is 0 Å². The second kappa shape index (κ2) is 16.0. The molecule has 0 saturated carbocycles. The van der Waals surface area contributed by atoms with Crippen LogP contribution in [-0.4, -0.2) is 4.57 Å². The fourth-order valence-electron chi connectivity index (χ4n) is 10.6. The smallest absolute Gasteiger partial charge is 0.0541 e. The summed E-state index contributed by atoms with van der Waals surface area (Å²) in [5.41, 5.74) is 18.2. The van der Waals surface area contributed by atoms with E-state index in [9.17, 15) is 0 Å². The average molecular weight is 850 g/mol. The first-order valence-electron chi connectivity index (χ1n) is 23.2. The van der Waals surface area contributed by atoms with Crippen LogP contribution in [0.1, 0.15) is 0 Å². The summed E-state index contributed by atoms with van der Waals surface area (Å²) in [5.74, 6) is 0. The first-order chi connectivity index (χ1) is 33.2. The van der Waals surface area contributed by atoms with Gasteiger partial charge in [-0.1, -0.05) is 224 Å². The van der Waals surface area contributed by atoms with Gasteiger partial charge in [-0.05, 0) is 135 Å². The zero-order valence-electron chi connectivity index (χ0n) is 36.8. The van der Waals surface area contributed by atoms with E-state index < -0.39 is 0 Å². The topological polar surface area (TPSA) is 4.93 Å². The number of aromatic nitrogens is 1.